The Bertz CT molecular complexity index is 373. The first-order chi connectivity index (χ1) is 7.16. The highest BCUT2D eigenvalue weighted by Gasteiger charge is 2.48. The normalized spacial score (nSPS) is 17.2. The molecular formula is C10H12ClN3O. The van der Waals surface area contributed by atoms with E-state index in [0.717, 1.165) is 19.3 Å². The van der Waals surface area contributed by atoms with Gasteiger partial charge in [-0.2, -0.15) is 0 Å². The van der Waals surface area contributed by atoms with Gasteiger partial charge in [0.1, 0.15) is 0 Å². The first-order valence-corrected chi connectivity index (χ1v) is 5.35. The average molecular weight is 226 g/mol. The number of hydrogen-bond donors (Lipinski definition) is 1. The number of anilines is 1. The molecule has 15 heavy (non-hydrogen) atoms. The molecule has 1 saturated carbocycles. The maximum absolute atomic E-state index is 11.8. The lowest BCUT2D eigenvalue weighted by atomic mass is 10.0. The fourth-order valence-electron chi connectivity index (χ4n) is 1.52. The average Bonchev–Trinajstić information content (AvgIpc) is 3.02. The van der Waals surface area contributed by atoms with E-state index in [4.69, 9.17) is 11.6 Å². The SMILES string of the molecule is CCC1(C(=O)Nc2ccc(Cl)nn2)CC1. The molecule has 0 radical (unpaired) electrons. The van der Waals surface area contributed by atoms with Crippen LogP contribution in [-0.2, 0) is 4.79 Å². The first-order valence-electron chi connectivity index (χ1n) is 4.97. The number of rotatable bonds is 3. The number of carbonyl (C=O) groups is 1. The largest absolute Gasteiger partial charge is 0.309 e. The number of nitrogens with zero attached hydrogens (tertiary/aromatic N) is 2. The second-order valence-corrected chi connectivity index (χ2v) is 4.22. The zero-order valence-corrected chi connectivity index (χ0v) is 9.21. The van der Waals surface area contributed by atoms with Crippen molar-refractivity contribution >= 4 is 23.3 Å². The number of halogens is 1. The highest BCUT2D eigenvalue weighted by Crippen LogP contribution is 2.49. The third-order valence-electron chi connectivity index (χ3n) is 2.89. The molecule has 1 N–H and O–H groups in total. The second kappa shape index (κ2) is 3.77. The van der Waals surface area contributed by atoms with E-state index >= 15 is 0 Å². The molecule has 5 heteroatoms. The maximum Gasteiger partial charge on any atom is 0.231 e. The Labute approximate surface area is 93.0 Å². The molecule has 0 aliphatic heterocycles. The predicted octanol–water partition coefficient (Wildman–Crippen LogP) is 2.26. The third-order valence-corrected chi connectivity index (χ3v) is 3.09. The molecule has 0 atom stereocenters. The number of aromatic nitrogens is 2. The van der Waals surface area contributed by atoms with E-state index in [-0.39, 0.29) is 11.3 Å². The molecule has 0 unspecified atom stereocenters. The van der Waals surface area contributed by atoms with Crippen LogP contribution in [0, 0.1) is 5.41 Å². The Morgan fingerprint density at radius 3 is 2.73 bits per heavy atom. The van der Waals surface area contributed by atoms with Crippen LogP contribution in [0.1, 0.15) is 26.2 Å². The molecule has 80 valence electrons. The molecule has 0 spiro atoms. The summed E-state index contributed by atoms with van der Waals surface area (Å²) in [5, 5.41) is 10.5. The molecule has 1 aromatic rings. The second-order valence-electron chi connectivity index (χ2n) is 3.83. The highest BCUT2D eigenvalue weighted by atomic mass is 35.5. The summed E-state index contributed by atoms with van der Waals surface area (Å²) in [5.41, 5.74) is -0.151. The fourth-order valence-corrected chi connectivity index (χ4v) is 1.62. The van der Waals surface area contributed by atoms with Crippen LogP contribution in [0.2, 0.25) is 5.15 Å². The monoisotopic (exact) mass is 225 g/mol. The van der Waals surface area contributed by atoms with E-state index in [9.17, 15) is 4.79 Å². The van der Waals surface area contributed by atoms with Crippen LogP contribution in [0.25, 0.3) is 0 Å². The summed E-state index contributed by atoms with van der Waals surface area (Å²) in [6, 6.07) is 3.26. The highest BCUT2D eigenvalue weighted by molar-refractivity contribution is 6.29. The molecule has 4 nitrogen and oxygen atoms in total. The minimum absolute atomic E-state index is 0.0432. The van der Waals surface area contributed by atoms with Crippen molar-refractivity contribution < 1.29 is 4.79 Å². The Hall–Kier alpha value is -1.16. The molecule has 0 saturated heterocycles. The standard InChI is InChI=1S/C10H12ClN3O/c1-2-10(5-6-10)9(15)12-8-4-3-7(11)13-14-8/h3-4H,2,5-6H2,1H3,(H,12,14,15). The number of hydrogen-bond acceptors (Lipinski definition) is 3. The topological polar surface area (TPSA) is 54.9 Å². The van der Waals surface area contributed by atoms with E-state index in [1.807, 2.05) is 6.92 Å². The summed E-state index contributed by atoms with van der Waals surface area (Å²) in [6.07, 6.45) is 2.81. The molecule has 1 aromatic heterocycles. The van der Waals surface area contributed by atoms with Crippen molar-refractivity contribution in [1.82, 2.24) is 10.2 Å². The molecule has 2 rings (SSSR count). The molecule has 1 amide bonds. The maximum atomic E-state index is 11.8. The van der Waals surface area contributed by atoms with Gasteiger partial charge < -0.3 is 5.32 Å². The summed E-state index contributed by atoms with van der Waals surface area (Å²) < 4.78 is 0. The van der Waals surface area contributed by atoms with Gasteiger partial charge in [0.15, 0.2) is 11.0 Å². The summed E-state index contributed by atoms with van der Waals surface area (Å²) in [6.45, 7) is 2.03. The first kappa shape index (κ1) is 10.4. The van der Waals surface area contributed by atoms with Crippen molar-refractivity contribution in [3.05, 3.63) is 17.3 Å². The van der Waals surface area contributed by atoms with E-state index in [1.54, 1.807) is 12.1 Å². The van der Waals surface area contributed by atoms with Gasteiger partial charge in [0.05, 0.1) is 0 Å². The van der Waals surface area contributed by atoms with Crippen LogP contribution in [0.15, 0.2) is 12.1 Å². The van der Waals surface area contributed by atoms with Crippen LogP contribution in [0.5, 0.6) is 0 Å². The summed E-state index contributed by atoms with van der Waals surface area (Å²) >= 11 is 5.59. The van der Waals surface area contributed by atoms with E-state index in [0.29, 0.717) is 11.0 Å². The van der Waals surface area contributed by atoms with E-state index < -0.39 is 0 Å². The third kappa shape index (κ3) is 2.09. The molecule has 0 bridgehead atoms. The smallest absolute Gasteiger partial charge is 0.231 e. The zero-order chi connectivity index (χ0) is 10.9. The molecule has 1 fully saturated rings. The lowest BCUT2D eigenvalue weighted by Gasteiger charge is -2.11. The minimum atomic E-state index is -0.151. The molecule has 0 aromatic carbocycles. The zero-order valence-electron chi connectivity index (χ0n) is 8.46. The van der Waals surface area contributed by atoms with Crippen molar-refractivity contribution in [2.24, 2.45) is 5.41 Å². The van der Waals surface area contributed by atoms with Gasteiger partial charge in [-0.1, -0.05) is 18.5 Å². The van der Waals surface area contributed by atoms with Crippen molar-refractivity contribution in [2.45, 2.75) is 26.2 Å². The Kier molecular flexibility index (Phi) is 2.61. The Morgan fingerprint density at radius 2 is 2.27 bits per heavy atom. The van der Waals surface area contributed by atoms with Crippen molar-refractivity contribution in [3.8, 4) is 0 Å². The molecule has 1 aliphatic rings. The van der Waals surface area contributed by atoms with Gasteiger partial charge in [-0.3, -0.25) is 4.79 Å². The lowest BCUT2D eigenvalue weighted by Crippen LogP contribution is -2.24. The number of carbonyl (C=O) groups excluding carboxylic acids is 1. The summed E-state index contributed by atoms with van der Waals surface area (Å²) in [7, 11) is 0. The number of nitrogens with one attached hydrogen (secondary N) is 1. The van der Waals surface area contributed by atoms with Crippen LogP contribution < -0.4 is 5.32 Å². The number of amides is 1. The summed E-state index contributed by atoms with van der Waals surface area (Å²) in [4.78, 5) is 11.8. The fraction of sp³-hybridized carbons (Fsp3) is 0.500. The van der Waals surface area contributed by atoms with Gasteiger partial charge in [-0.25, -0.2) is 0 Å². The van der Waals surface area contributed by atoms with E-state index in [1.165, 1.54) is 0 Å². The Balaban J connectivity index is 2.03. The quantitative estimate of drug-likeness (QED) is 0.859. The van der Waals surface area contributed by atoms with Crippen molar-refractivity contribution in [1.29, 1.82) is 0 Å². The van der Waals surface area contributed by atoms with Gasteiger partial charge in [0, 0.05) is 5.41 Å². The predicted molar refractivity (Wildman–Crippen MR) is 57.6 cm³/mol. The minimum Gasteiger partial charge on any atom is -0.309 e. The van der Waals surface area contributed by atoms with Crippen LogP contribution in [0.3, 0.4) is 0 Å². The lowest BCUT2D eigenvalue weighted by molar-refractivity contribution is -0.121. The molecule has 1 aliphatic carbocycles. The summed E-state index contributed by atoms with van der Waals surface area (Å²) in [5.74, 6) is 0.505. The molecule has 1 heterocycles. The van der Waals surface area contributed by atoms with Crippen LogP contribution in [-0.4, -0.2) is 16.1 Å². The van der Waals surface area contributed by atoms with Crippen molar-refractivity contribution in [3.63, 3.8) is 0 Å². The van der Waals surface area contributed by atoms with E-state index in [2.05, 4.69) is 15.5 Å². The van der Waals surface area contributed by atoms with Gasteiger partial charge >= 0.3 is 0 Å². The van der Waals surface area contributed by atoms with Crippen LogP contribution >= 0.6 is 11.6 Å². The molecular weight excluding hydrogens is 214 g/mol. The van der Waals surface area contributed by atoms with Crippen LogP contribution in [0.4, 0.5) is 5.82 Å². The van der Waals surface area contributed by atoms with Crippen molar-refractivity contribution in [2.75, 3.05) is 5.32 Å². The van der Waals surface area contributed by atoms with Gasteiger partial charge in [-0.05, 0) is 31.4 Å². The van der Waals surface area contributed by atoms with Gasteiger partial charge in [0.25, 0.3) is 0 Å². The Morgan fingerprint density at radius 1 is 1.53 bits per heavy atom. The van der Waals surface area contributed by atoms with Gasteiger partial charge in [0.2, 0.25) is 5.91 Å². The van der Waals surface area contributed by atoms with Gasteiger partial charge in [-0.15, -0.1) is 10.2 Å².